The van der Waals surface area contributed by atoms with Gasteiger partial charge >= 0.3 is 0 Å². The van der Waals surface area contributed by atoms with Gasteiger partial charge in [-0.2, -0.15) is 0 Å². The molecule has 0 atom stereocenters. The van der Waals surface area contributed by atoms with Crippen LogP contribution in [0.4, 0.5) is 5.69 Å². The fraction of sp³-hybridized carbons (Fsp3) is 0.562. The predicted molar refractivity (Wildman–Crippen MR) is 81.2 cm³/mol. The topological polar surface area (TPSA) is 55.1 Å². The van der Waals surface area contributed by atoms with Crippen LogP contribution in [0.25, 0.3) is 0 Å². The average molecular weight is 262 g/mol. The van der Waals surface area contributed by atoms with Crippen molar-refractivity contribution in [3.05, 3.63) is 29.3 Å². The third-order valence-corrected chi connectivity index (χ3v) is 2.96. The molecule has 3 N–H and O–H groups in total. The lowest BCUT2D eigenvalue weighted by Gasteiger charge is -2.33. The van der Waals surface area contributed by atoms with Crippen LogP contribution >= 0.6 is 0 Å². The van der Waals surface area contributed by atoms with Gasteiger partial charge in [0.2, 0.25) is 0 Å². The lowest BCUT2D eigenvalue weighted by atomic mass is 9.81. The van der Waals surface area contributed by atoms with Crippen molar-refractivity contribution in [1.29, 1.82) is 0 Å². The van der Waals surface area contributed by atoms with Crippen molar-refractivity contribution in [2.24, 2.45) is 5.41 Å². The summed E-state index contributed by atoms with van der Waals surface area (Å²) < 4.78 is 0. The molecule has 1 aromatic rings. The third kappa shape index (κ3) is 4.58. The minimum atomic E-state index is -0.260. The molecule has 0 heterocycles. The standard InChI is InChI=1S/C16H26N2O/c1-11-8-7-9-12(17)13(11)14(19)18-16(5,6)10-15(2,3)4/h7-9H,10,17H2,1-6H3,(H,18,19). The molecule has 0 radical (unpaired) electrons. The average Bonchev–Trinajstić information content (AvgIpc) is 2.11. The predicted octanol–water partition coefficient (Wildman–Crippen LogP) is 3.52. The quantitative estimate of drug-likeness (QED) is 0.819. The van der Waals surface area contributed by atoms with E-state index in [0.717, 1.165) is 12.0 Å². The minimum Gasteiger partial charge on any atom is -0.398 e. The molecule has 0 aliphatic carbocycles. The van der Waals surface area contributed by atoms with Crippen LogP contribution < -0.4 is 11.1 Å². The molecule has 1 aromatic carbocycles. The Kier molecular flexibility index (Phi) is 4.28. The number of carbonyl (C=O) groups is 1. The van der Waals surface area contributed by atoms with Gasteiger partial charge in [0.05, 0.1) is 5.56 Å². The second kappa shape index (κ2) is 5.24. The first-order valence-electron chi connectivity index (χ1n) is 6.69. The molecule has 106 valence electrons. The fourth-order valence-electron chi connectivity index (χ4n) is 2.74. The van der Waals surface area contributed by atoms with Gasteiger partial charge in [-0.05, 0) is 44.2 Å². The molecule has 0 unspecified atom stereocenters. The maximum absolute atomic E-state index is 12.4. The first-order valence-corrected chi connectivity index (χ1v) is 6.69. The summed E-state index contributed by atoms with van der Waals surface area (Å²) in [5, 5.41) is 3.09. The molecular formula is C16H26N2O. The van der Waals surface area contributed by atoms with E-state index in [2.05, 4.69) is 26.1 Å². The number of nitrogens with one attached hydrogen (secondary N) is 1. The number of nitrogen functional groups attached to an aromatic ring is 1. The first kappa shape index (κ1) is 15.5. The summed E-state index contributed by atoms with van der Waals surface area (Å²) in [4.78, 5) is 12.4. The molecule has 3 heteroatoms. The van der Waals surface area contributed by atoms with Crippen molar-refractivity contribution >= 4 is 11.6 Å². The molecule has 0 aliphatic heterocycles. The highest BCUT2D eigenvalue weighted by molar-refractivity contribution is 6.00. The molecule has 0 fully saturated rings. The number of aryl methyl sites for hydroxylation is 1. The summed E-state index contributed by atoms with van der Waals surface area (Å²) in [7, 11) is 0. The Hall–Kier alpha value is -1.51. The van der Waals surface area contributed by atoms with E-state index in [-0.39, 0.29) is 16.9 Å². The van der Waals surface area contributed by atoms with Gasteiger partial charge in [0.15, 0.2) is 0 Å². The van der Waals surface area contributed by atoms with E-state index in [0.29, 0.717) is 11.3 Å². The summed E-state index contributed by atoms with van der Waals surface area (Å²) >= 11 is 0. The molecule has 1 amide bonds. The maximum atomic E-state index is 12.4. The smallest absolute Gasteiger partial charge is 0.254 e. The van der Waals surface area contributed by atoms with Crippen LogP contribution in [0.15, 0.2) is 18.2 Å². The van der Waals surface area contributed by atoms with Gasteiger partial charge in [0.25, 0.3) is 5.91 Å². The van der Waals surface area contributed by atoms with Crippen molar-refractivity contribution in [1.82, 2.24) is 5.32 Å². The Morgan fingerprint density at radius 2 is 1.79 bits per heavy atom. The summed E-state index contributed by atoms with van der Waals surface area (Å²) in [5.41, 5.74) is 7.83. The number of nitrogens with two attached hydrogens (primary N) is 1. The molecule has 0 aromatic heterocycles. The van der Waals surface area contributed by atoms with Crippen LogP contribution in [-0.4, -0.2) is 11.4 Å². The molecule has 0 saturated heterocycles. The number of hydrogen-bond donors (Lipinski definition) is 2. The number of amides is 1. The van der Waals surface area contributed by atoms with E-state index < -0.39 is 0 Å². The van der Waals surface area contributed by atoms with Crippen molar-refractivity contribution in [3.63, 3.8) is 0 Å². The molecule has 19 heavy (non-hydrogen) atoms. The van der Waals surface area contributed by atoms with Crippen molar-refractivity contribution in [3.8, 4) is 0 Å². The number of anilines is 1. The lowest BCUT2D eigenvalue weighted by molar-refractivity contribution is 0.0892. The van der Waals surface area contributed by atoms with E-state index >= 15 is 0 Å². The van der Waals surface area contributed by atoms with E-state index in [1.54, 1.807) is 6.07 Å². The van der Waals surface area contributed by atoms with E-state index in [1.165, 1.54) is 0 Å². The highest BCUT2D eigenvalue weighted by atomic mass is 16.1. The Morgan fingerprint density at radius 3 is 2.26 bits per heavy atom. The largest absolute Gasteiger partial charge is 0.398 e. The van der Waals surface area contributed by atoms with Gasteiger partial charge in [-0.15, -0.1) is 0 Å². The van der Waals surface area contributed by atoms with Crippen molar-refractivity contribution in [2.75, 3.05) is 5.73 Å². The third-order valence-electron chi connectivity index (χ3n) is 2.96. The minimum absolute atomic E-state index is 0.0927. The maximum Gasteiger partial charge on any atom is 0.254 e. The zero-order valence-corrected chi connectivity index (χ0v) is 12.9. The molecule has 0 aliphatic rings. The van der Waals surface area contributed by atoms with Crippen LogP contribution in [-0.2, 0) is 0 Å². The molecule has 0 saturated carbocycles. The number of rotatable bonds is 3. The second-order valence-electron chi connectivity index (χ2n) is 7.11. The highest BCUT2D eigenvalue weighted by Crippen LogP contribution is 2.27. The summed E-state index contributed by atoms with van der Waals surface area (Å²) in [6, 6.07) is 5.53. The lowest BCUT2D eigenvalue weighted by Crippen LogP contribution is -2.46. The molecule has 1 rings (SSSR count). The second-order valence-corrected chi connectivity index (χ2v) is 7.11. The van der Waals surface area contributed by atoms with E-state index in [9.17, 15) is 4.79 Å². The normalized spacial score (nSPS) is 12.3. The van der Waals surface area contributed by atoms with Crippen LogP contribution in [0, 0.1) is 12.3 Å². The number of benzene rings is 1. The Balaban J connectivity index is 2.91. The van der Waals surface area contributed by atoms with Gasteiger partial charge in [-0.1, -0.05) is 32.9 Å². The molecular weight excluding hydrogens is 236 g/mol. The van der Waals surface area contributed by atoms with E-state index in [4.69, 9.17) is 5.73 Å². The molecule has 0 bridgehead atoms. The van der Waals surface area contributed by atoms with Crippen molar-refractivity contribution in [2.45, 2.75) is 53.5 Å². The van der Waals surface area contributed by atoms with Gasteiger partial charge in [0.1, 0.15) is 0 Å². The summed E-state index contributed by atoms with van der Waals surface area (Å²) in [6.07, 6.45) is 0.900. The van der Waals surface area contributed by atoms with Gasteiger partial charge in [0, 0.05) is 11.2 Å². The summed E-state index contributed by atoms with van der Waals surface area (Å²) in [6.45, 7) is 12.5. The van der Waals surface area contributed by atoms with Crippen LogP contribution in [0.3, 0.4) is 0 Å². The van der Waals surface area contributed by atoms with Gasteiger partial charge in [-0.3, -0.25) is 4.79 Å². The van der Waals surface area contributed by atoms with Gasteiger partial charge in [-0.25, -0.2) is 0 Å². The zero-order chi connectivity index (χ0) is 14.8. The van der Waals surface area contributed by atoms with Crippen molar-refractivity contribution < 1.29 is 4.79 Å². The highest BCUT2D eigenvalue weighted by Gasteiger charge is 2.28. The van der Waals surface area contributed by atoms with Crippen LogP contribution in [0.1, 0.15) is 57.0 Å². The van der Waals surface area contributed by atoms with E-state index in [1.807, 2.05) is 32.9 Å². The monoisotopic (exact) mass is 262 g/mol. The van der Waals surface area contributed by atoms with Gasteiger partial charge < -0.3 is 11.1 Å². The van der Waals surface area contributed by atoms with Crippen LogP contribution in [0.2, 0.25) is 0 Å². The SMILES string of the molecule is Cc1cccc(N)c1C(=O)NC(C)(C)CC(C)(C)C. The fourth-order valence-corrected chi connectivity index (χ4v) is 2.74. The first-order chi connectivity index (χ1) is 8.52. The Labute approximate surface area is 116 Å². The number of hydrogen-bond acceptors (Lipinski definition) is 2. The van der Waals surface area contributed by atoms with Crippen LogP contribution in [0.5, 0.6) is 0 Å². The molecule has 0 spiro atoms. The Bertz CT molecular complexity index is 450. The summed E-state index contributed by atoms with van der Waals surface area (Å²) in [5.74, 6) is -0.0927. The number of carbonyl (C=O) groups excluding carboxylic acids is 1. The Morgan fingerprint density at radius 1 is 1.21 bits per heavy atom. The molecule has 3 nitrogen and oxygen atoms in total. The zero-order valence-electron chi connectivity index (χ0n) is 12.9.